The van der Waals surface area contributed by atoms with Crippen LogP contribution >= 0.6 is 0 Å². The minimum atomic E-state index is -3.65. The number of sulfonamides is 1. The summed E-state index contributed by atoms with van der Waals surface area (Å²) in [6, 6.07) is 3.80. The molecule has 0 fully saturated rings. The molecule has 1 rings (SSSR count). The monoisotopic (exact) mass is 315 g/mol. The van der Waals surface area contributed by atoms with Crippen LogP contribution in [0.25, 0.3) is 0 Å². The lowest BCUT2D eigenvalue weighted by Gasteiger charge is -2.19. The molecule has 0 aliphatic rings. The summed E-state index contributed by atoms with van der Waals surface area (Å²) >= 11 is 0. The molecule has 0 bridgehead atoms. The van der Waals surface area contributed by atoms with E-state index >= 15 is 0 Å². The van der Waals surface area contributed by atoms with E-state index in [1.165, 1.54) is 29.6 Å². The Balaban J connectivity index is 3.25. The molecule has 1 N–H and O–H groups in total. The molecule has 0 heterocycles. The number of nitro groups is 1. The SMILES string of the molecule is CCNc1cc(S(=O)(=O)N(C)CC(C)C)ccc1[N+](=O)[O-]. The average Bonchev–Trinajstić information content (AvgIpc) is 2.37. The second-order valence-corrected chi connectivity index (χ2v) is 7.19. The van der Waals surface area contributed by atoms with Crippen LogP contribution in [0.4, 0.5) is 11.4 Å². The van der Waals surface area contributed by atoms with Crippen molar-refractivity contribution in [2.45, 2.75) is 25.7 Å². The molecule has 1 aromatic rings. The first-order chi connectivity index (χ1) is 9.70. The molecule has 0 atom stereocenters. The molecule has 1 aromatic carbocycles. The van der Waals surface area contributed by atoms with Gasteiger partial charge in [0, 0.05) is 26.2 Å². The minimum absolute atomic E-state index is 0.0483. The quantitative estimate of drug-likeness (QED) is 0.615. The topological polar surface area (TPSA) is 92.6 Å². The van der Waals surface area contributed by atoms with E-state index in [9.17, 15) is 18.5 Å². The Morgan fingerprint density at radius 3 is 2.48 bits per heavy atom. The van der Waals surface area contributed by atoms with E-state index in [-0.39, 0.29) is 22.2 Å². The van der Waals surface area contributed by atoms with Crippen LogP contribution in [0, 0.1) is 16.0 Å². The Morgan fingerprint density at radius 1 is 1.38 bits per heavy atom. The first-order valence-electron chi connectivity index (χ1n) is 6.68. The number of anilines is 1. The Bertz CT molecular complexity index is 614. The van der Waals surface area contributed by atoms with Crippen molar-refractivity contribution in [2.24, 2.45) is 5.92 Å². The first kappa shape index (κ1) is 17.4. The van der Waals surface area contributed by atoms with Crippen molar-refractivity contribution < 1.29 is 13.3 Å². The summed E-state index contributed by atoms with van der Waals surface area (Å²) in [5.41, 5.74) is 0.0730. The number of nitrogens with one attached hydrogen (secondary N) is 1. The van der Waals surface area contributed by atoms with Gasteiger partial charge in [-0.2, -0.15) is 0 Å². The van der Waals surface area contributed by atoms with Crippen molar-refractivity contribution >= 4 is 21.4 Å². The highest BCUT2D eigenvalue weighted by Crippen LogP contribution is 2.28. The molecule has 7 nitrogen and oxygen atoms in total. The van der Waals surface area contributed by atoms with Crippen molar-refractivity contribution in [1.29, 1.82) is 0 Å². The van der Waals surface area contributed by atoms with Crippen LogP contribution in [-0.4, -0.2) is 37.8 Å². The molecule has 0 radical (unpaired) electrons. The van der Waals surface area contributed by atoms with Gasteiger partial charge in [-0.3, -0.25) is 10.1 Å². The van der Waals surface area contributed by atoms with Gasteiger partial charge in [0.05, 0.1) is 9.82 Å². The number of benzene rings is 1. The molecule has 21 heavy (non-hydrogen) atoms. The lowest BCUT2D eigenvalue weighted by molar-refractivity contribution is -0.384. The Kier molecular flexibility index (Phi) is 5.68. The summed E-state index contributed by atoms with van der Waals surface area (Å²) in [4.78, 5) is 10.5. The summed E-state index contributed by atoms with van der Waals surface area (Å²) in [5, 5.41) is 13.8. The molecule has 0 saturated carbocycles. The van der Waals surface area contributed by atoms with Crippen molar-refractivity contribution in [3.63, 3.8) is 0 Å². The standard InChI is InChI=1S/C13H21N3O4S/c1-5-14-12-8-11(6-7-13(12)16(17)18)21(19,20)15(4)9-10(2)3/h6-8,10,14H,5,9H2,1-4H3. The molecule has 8 heteroatoms. The van der Waals surface area contributed by atoms with Gasteiger partial charge in [-0.05, 0) is 25.0 Å². The van der Waals surface area contributed by atoms with Crippen LogP contribution in [0.2, 0.25) is 0 Å². The number of nitro benzene ring substituents is 1. The van der Waals surface area contributed by atoms with Crippen molar-refractivity contribution in [2.75, 3.05) is 25.5 Å². The third-order valence-corrected chi connectivity index (χ3v) is 4.68. The fourth-order valence-electron chi connectivity index (χ4n) is 1.96. The van der Waals surface area contributed by atoms with E-state index in [0.717, 1.165) is 0 Å². The maximum absolute atomic E-state index is 12.4. The van der Waals surface area contributed by atoms with Gasteiger partial charge in [0.1, 0.15) is 5.69 Å². The van der Waals surface area contributed by atoms with Crippen molar-refractivity contribution in [3.8, 4) is 0 Å². The minimum Gasteiger partial charge on any atom is -0.380 e. The summed E-state index contributed by atoms with van der Waals surface area (Å²) in [6.45, 7) is 6.48. The number of nitrogens with zero attached hydrogens (tertiary/aromatic N) is 2. The molecule has 0 spiro atoms. The van der Waals surface area contributed by atoms with Crippen LogP contribution in [-0.2, 0) is 10.0 Å². The van der Waals surface area contributed by atoms with Gasteiger partial charge < -0.3 is 5.32 Å². The molecular formula is C13H21N3O4S. The van der Waals surface area contributed by atoms with E-state index in [0.29, 0.717) is 13.1 Å². The van der Waals surface area contributed by atoms with E-state index in [4.69, 9.17) is 0 Å². The lowest BCUT2D eigenvalue weighted by Crippen LogP contribution is -2.30. The third-order valence-electron chi connectivity index (χ3n) is 2.86. The summed E-state index contributed by atoms with van der Waals surface area (Å²) in [5.74, 6) is 0.191. The smallest absolute Gasteiger partial charge is 0.292 e. The zero-order valence-corrected chi connectivity index (χ0v) is 13.5. The molecule has 0 saturated heterocycles. The molecule has 0 amide bonds. The van der Waals surface area contributed by atoms with Crippen molar-refractivity contribution in [1.82, 2.24) is 4.31 Å². The number of hydrogen-bond donors (Lipinski definition) is 1. The fraction of sp³-hybridized carbons (Fsp3) is 0.538. The number of rotatable bonds is 7. The first-order valence-corrected chi connectivity index (χ1v) is 8.12. The maximum Gasteiger partial charge on any atom is 0.292 e. The normalized spacial score (nSPS) is 11.9. The molecule has 118 valence electrons. The highest BCUT2D eigenvalue weighted by Gasteiger charge is 2.24. The Morgan fingerprint density at radius 2 is 2.00 bits per heavy atom. The van der Waals surface area contributed by atoms with E-state index < -0.39 is 14.9 Å². The highest BCUT2D eigenvalue weighted by atomic mass is 32.2. The molecule has 0 aliphatic heterocycles. The van der Waals surface area contributed by atoms with Crippen molar-refractivity contribution in [3.05, 3.63) is 28.3 Å². The summed E-state index contributed by atoms with van der Waals surface area (Å²) < 4.78 is 26.1. The second-order valence-electron chi connectivity index (χ2n) is 5.15. The predicted molar refractivity (Wildman–Crippen MR) is 81.9 cm³/mol. The summed E-state index contributed by atoms with van der Waals surface area (Å²) in [7, 11) is -2.14. The van der Waals surface area contributed by atoms with Gasteiger partial charge in [-0.25, -0.2) is 12.7 Å². The van der Waals surface area contributed by atoms with Gasteiger partial charge in [0.15, 0.2) is 0 Å². The van der Waals surface area contributed by atoms with E-state index in [2.05, 4.69) is 5.32 Å². The Hall–Kier alpha value is -1.67. The molecular weight excluding hydrogens is 294 g/mol. The summed E-state index contributed by atoms with van der Waals surface area (Å²) in [6.07, 6.45) is 0. The predicted octanol–water partition coefficient (Wildman–Crippen LogP) is 2.30. The van der Waals surface area contributed by atoms with Gasteiger partial charge in [-0.1, -0.05) is 13.8 Å². The third kappa shape index (κ3) is 4.15. The second kappa shape index (κ2) is 6.86. The van der Waals surface area contributed by atoms with Crippen LogP contribution in [0.5, 0.6) is 0 Å². The Labute approximate surface area is 125 Å². The van der Waals surface area contributed by atoms with Gasteiger partial charge >= 0.3 is 0 Å². The van der Waals surface area contributed by atoms with Gasteiger partial charge in [-0.15, -0.1) is 0 Å². The molecule has 0 unspecified atom stereocenters. The fourth-order valence-corrected chi connectivity index (χ4v) is 3.32. The molecule has 0 aliphatic carbocycles. The van der Waals surface area contributed by atoms with E-state index in [1.54, 1.807) is 6.92 Å². The van der Waals surface area contributed by atoms with Gasteiger partial charge in [0.2, 0.25) is 10.0 Å². The van der Waals surface area contributed by atoms with E-state index in [1.807, 2.05) is 13.8 Å². The highest BCUT2D eigenvalue weighted by molar-refractivity contribution is 7.89. The average molecular weight is 315 g/mol. The maximum atomic E-state index is 12.4. The van der Waals surface area contributed by atoms with Crippen LogP contribution in [0.1, 0.15) is 20.8 Å². The molecule has 0 aromatic heterocycles. The van der Waals surface area contributed by atoms with Crippen LogP contribution in [0.15, 0.2) is 23.1 Å². The van der Waals surface area contributed by atoms with Crippen LogP contribution < -0.4 is 5.32 Å². The zero-order valence-electron chi connectivity index (χ0n) is 12.7. The zero-order chi connectivity index (χ0) is 16.2. The largest absolute Gasteiger partial charge is 0.380 e. The number of hydrogen-bond acceptors (Lipinski definition) is 5. The van der Waals surface area contributed by atoms with Crippen LogP contribution in [0.3, 0.4) is 0 Å². The van der Waals surface area contributed by atoms with Gasteiger partial charge in [0.25, 0.3) is 5.69 Å². The lowest BCUT2D eigenvalue weighted by atomic mass is 10.2.